The summed E-state index contributed by atoms with van der Waals surface area (Å²) in [5.74, 6) is 1.66. The molecule has 1 aliphatic carbocycles. The predicted octanol–water partition coefficient (Wildman–Crippen LogP) is 1.86. The molecule has 2 aliphatic heterocycles. The van der Waals surface area contributed by atoms with E-state index in [9.17, 15) is 5.11 Å². The molecule has 2 atom stereocenters. The van der Waals surface area contributed by atoms with Gasteiger partial charge in [0.15, 0.2) is 0 Å². The van der Waals surface area contributed by atoms with E-state index in [2.05, 4.69) is 10.2 Å². The molecule has 0 radical (unpaired) electrons. The van der Waals surface area contributed by atoms with Gasteiger partial charge in [0.25, 0.3) is 0 Å². The molecule has 3 rings (SSSR count). The third-order valence-electron chi connectivity index (χ3n) is 5.89. The monoisotopic (exact) mass is 266 g/mol. The van der Waals surface area contributed by atoms with Gasteiger partial charge in [0.1, 0.15) is 0 Å². The lowest BCUT2D eigenvalue weighted by molar-refractivity contribution is 0.123. The number of likely N-dealkylation sites (tertiary alicyclic amines) is 1. The van der Waals surface area contributed by atoms with E-state index in [0.717, 1.165) is 25.6 Å². The van der Waals surface area contributed by atoms with E-state index in [1.807, 2.05) is 0 Å². The lowest BCUT2D eigenvalue weighted by Crippen LogP contribution is -2.36. The van der Waals surface area contributed by atoms with Gasteiger partial charge in [-0.3, -0.25) is 0 Å². The average Bonchev–Trinajstić information content (AvgIpc) is 2.83. The van der Waals surface area contributed by atoms with Gasteiger partial charge in [0.05, 0.1) is 6.61 Å². The van der Waals surface area contributed by atoms with Gasteiger partial charge in [-0.05, 0) is 31.3 Å². The van der Waals surface area contributed by atoms with Crippen molar-refractivity contribution in [3.8, 4) is 0 Å². The molecule has 110 valence electrons. The van der Waals surface area contributed by atoms with E-state index < -0.39 is 0 Å². The van der Waals surface area contributed by atoms with Crippen LogP contribution in [0.25, 0.3) is 0 Å². The molecule has 3 heteroatoms. The van der Waals surface area contributed by atoms with Crippen LogP contribution in [0.15, 0.2) is 0 Å². The van der Waals surface area contributed by atoms with Crippen LogP contribution in [0.3, 0.4) is 0 Å². The summed E-state index contributed by atoms with van der Waals surface area (Å²) in [5.41, 5.74) is 0.184. The van der Waals surface area contributed by atoms with Crippen molar-refractivity contribution in [3.63, 3.8) is 0 Å². The van der Waals surface area contributed by atoms with Gasteiger partial charge < -0.3 is 15.3 Å². The molecular weight excluding hydrogens is 236 g/mol. The van der Waals surface area contributed by atoms with Gasteiger partial charge in [-0.25, -0.2) is 0 Å². The summed E-state index contributed by atoms with van der Waals surface area (Å²) in [7, 11) is 0. The van der Waals surface area contributed by atoms with E-state index in [-0.39, 0.29) is 5.41 Å². The third kappa shape index (κ3) is 2.98. The minimum Gasteiger partial charge on any atom is -0.396 e. The average molecular weight is 266 g/mol. The van der Waals surface area contributed by atoms with E-state index in [4.69, 9.17) is 0 Å². The van der Waals surface area contributed by atoms with Gasteiger partial charge in [-0.15, -0.1) is 0 Å². The maximum absolute atomic E-state index is 9.73. The summed E-state index contributed by atoms with van der Waals surface area (Å²) in [5, 5.41) is 13.2. The summed E-state index contributed by atoms with van der Waals surface area (Å²) in [4.78, 5) is 2.63. The topological polar surface area (TPSA) is 35.5 Å². The summed E-state index contributed by atoms with van der Waals surface area (Å²) in [6.45, 7) is 6.09. The van der Waals surface area contributed by atoms with Crippen molar-refractivity contribution >= 4 is 0 Å². The molecule has 0 spiro atoms. The zero-order chi connectivity index (χ0) is 13.1. The molecule has 3 nitrogen and oxygen atoms in total. The molecule has 0 aromatic rings. The first-order valence-corrected chi connectivity index (χ1v) is 8.36. The van der Waals surface area contributed by atoms with Crippen LogP contribution in [-0.2, 0) is 0 Å². The molecule has 3 aliphatic rings. The standard InChI is InChI=1S/C16H30N2O/c19-13-16-11-17-9-15(16)10-18(12-16)8-7-14-5-3-1-2-4-6-14/h14-15,17,19H,1-13H2. The third-order valence-corrected chi connectivity index (χ3v) is 5.89. The van der Waals surface area contributed by atoms with Crippen molar-refractivity contribution in [2.24, 2.45) is 17.3 Å². The van der Waals surface area contributed by atoms with E-state index in [1.165, 1.54) is 58.0 Å². The number of aliphatic hydroxyl groups is 1. The van der Waals surface area contributed by atoms with Gasteiger partial charge in [-0.1, -0.05) is 38.5 Å². The highest BCUT2D eigenvalue weighted by atomic mass is 16.3. The van der Waals surface area contributed by atoms with Crippen molar-refractivity contribution in [1.29, 1.82) is 0 Å². The molecule has 2 unspecified atom stereocenters. The van der Waals surface area contributed by atoms with Gasteiger partial charge in [0.2, 0.25) is 0 Å². The minimum atomic E-state index is 0.184. The number of nitrogens with one attached hydrogen (secondary N) is 1. The Morgan fingerprint density at radius 1 is 1.16 bits per heavy atom. The van der Waals surface area contributed by atoms with Crippen LogP contribution >= 0.6 is 0 Å². The van der Waals surface area contributed by atoms with Gasteiger partial charge >= 0.3 is 0 Å². The Labute approximate surface area is 117 Å². The highest BCUT2D eigenvalue weighted by Gasteiger charge is 2.48. The zero-order valence-corrected chi connectivity index (χ0v) is 12.2. The predicted molar refractivity (Wildman–Crippen MR) is 78.1 cm³/mol. The molecule has 2 heterocycles. The summed E-state index contributed by atoms with van der Waals surface area (Å²) >= 11 is 0. The lowest BCUT2D eigenvalue weighted by atomic mass is 9.82. The fourth-order valence-corrected chi connectivity index (χ4v) is 4.54. The molecule has 0 bridgehead atoms. The normalized spacial score (nSPS) is 37.4. The maximum atomic E-state index is 9.73. The molecule has 0 aromatic heterocycles. The molecular formula is C16H30N2O. The number of aliphatic hydroxyl groups excluding tert-OH is 1. The summed E-state index contributed by atoms with van der Waals surface area (Å²) in [6.07, 6.45) is 10.1. The maximum Gasteiger partial charge on any atom is 0.0515 e. The van der Waals surface area contributed by atoms with Crippen LogP contribution in [0.1, 0.15) is 44.9 Å². The first-order chi connectivity index (χ1) is 9.32. The highest BCUT2D eigenvalue weighted by molar-refractivity contribution is 5.02. The van der Waals surface area contributed by atoms with E-state index in [1.54, 1.807) is 0 Å². The fraction of sp³-hybridized carbons (Fsp3) is 1.00. The Bertz CT molecular complexity index is 288. The summed E-state index contributed by atoms with van der Waals surface area (Å²) < 4.78 is 0. The minimum absolute atomic E-state index is 0.184. The van der Waals surface area contributed by atoms with E-state index in [0.29, 0.717) is 12.5 Å². The molecule has 2 saturated heterocycles. The van der Waals surface area contributed by atoms with Crippen LogP contribution in [0.4, 0.5) is 0 Å². The van der Waals surface area contributed by atoms with Gasteiger partial charge in [-0.2, -0.15) is 0 Å². The van der Waals surface area contributed by atoms with Gasteiger partial charge in [0, 0.05) is 25.0 Å². The zero-order valence-electron chi connectivity index (χ0n) is 12.2. The number of fused-ring (bicyclic) bond motifs is 1. The highest BCUT2D eigenvalue weighted by Crippen LogP contribution is 2.38. The second-order valence-corrected chi connectivity index (χ2v) is 7.23. The number of hydrogen-bond acceptors (Lipinski definition) is 3. The van der Waals surface area contributed by atoms with Crippen molar-refractivity contribution in [2.75, 3.05) is 39.3 Å². The molecule has 0 aromatic carbocycles. The quantitative estimate of drug-likeness (QED) is 0.763. The second-order valence-electron chi connectivity index (χ2n) is 7.23. The molecule has 1 saturated carbocycles. The first kappa shape index (κ1) is 13.8. The van der Waals surface area contributed by atoms with Crippen LogP contribution < -0.4 is 5.32 Å². The Morgan fingerprint density at radius 3 is 2.63 bits per heavy atom. The van der Waals surface area contributed by atoms with Crippen LogP contribution in [0, 0.1) is 17.3 Å². The largest absolute Gasteiger partial charge is 0.396 e. The molecule has 2 N–H and O–H groups in total. The van der Waals surface area contributed by atoms with Crippen LogP contribution in [0.5, 0.6) is 0 Å². The van der Waals surface area contributed by atoms with Crippen LogP contribution in [-0.4, -0.2) is 49.3 Å². The van der Waals surface area contributed by atoms with E-state index >= 15 is 0 Å². The second kappa shape index (κ2) is 6.11. The number of nitrogens with zero attached hydrogens (tertiary/aromatic N) is 1. The fourth-order valence-electron chi connectivity index (χ4n) is 4.54. The van der Waals surface area contributed by atoms with Crippen molar-refractivity contribution in [2.45, 2.75) is 44.9 Å². The Kier molecular flexibility index (Phi) is 4.45. The Hall–Kier alpha value is -0.120. The number of hydrogen-bond donors (Lipinski definition) is 2. The molecule has 19 heavy (non-hydrogen) atoms. The Morgan fingerprint density at radius 2 is 1.95 bits per heavy atom. The summed E-state index contributed by atoms with van der Waals surface area (Å²) in [6, 6.07) is 0. The van der Waals surface area contributed by atoms with Crippen molar-refractivity contribution in [1.82, 2.24) is 10.2 Å². The molecule has 3 fully saturated rings. The Balaban J connectivity index is 1.46. The van der Waals surface area contributed by atoms with Crippen molar-refractivity contribution in [3.05, 3.63) is 0 Å². The number of rotatable bonds is 4. The smallest absolute Gasteiger partial charge is 0.0515 e. The molecule has 0 amide bonds. The van der Waals surface area contributed by atoms with Crippen LogP contribution in [0.2, 0.25) is 0 Å². The van der Waals surface area contributed by atoms with Crippen molar-refractivity contribution < 1.29 is 5.11 Å². The SMILES string of the molecule is OCC12CNCC1CN(CCC1CCCCCC1)C2. The lowest BCUT2D eigenvalue weighted by Gasteiger charge is -2.26. The first-order valence-electron chi connectivity index (χ1n) is 8.36.